The minimum Gasteiger partial charge on any atom is -0.330 e. The third-order valence-corrected chi connectivity index (χ3v) is 4.12. The summed E-state index contributed by atoms with van der Waals surface area (Å²) in [7, 11) is 0. The fourth-order valence-corrected chi connectivity index (χ4v) is 3.67. The Morgan fingerprint density at radius 2 is 2.38 bits per heavy atom. The zero-order chi connectivity index (χ0) is 9.42. The Morgan fingerprint density at radius 3 is 3.08 bits per heavy atom. The van der Waals surface area contributed by atoms with E-state index < -0.39 is 0 Å². The molecule has 1 aromatic heterocycles. The highest BCUT2D eigenvalue weighted by molar-refractivity contribution is 7.12. The maximum Gasteiger partial charge on any atom is 0.00858 e. The number of fused-ring (bicyclic) bond motifs is 1. The van der Waals surface area contributed by atoms with Crippen LogP contribution in [0.3, 0.4) is 0 Å². The van der Waals surface area contributed by atoms with Crippen molar-refractivity contribution in [3.63, 3.8) is 0 Å². The minimum atomic E-state index is 0.741. The van der Waals surface area contributed by atoms with Crippen LogP contribution in [0.4, 0.5) is 0 Å². The van der Waals surface area contributed by atoms with Crippen LogP contribution in [0, 0.1) is 12.8 Å². The fraction of sp³-hybridized carbons (Fsp3) is 0.636. The first-order valence-electron chi connectivity index (χ1n) is 5.01. The van der Waals surface area contributed by atoms with Crippen molar-refractivity contribution in [2.75, 3.05) is 6.54 Å². The largest absolute Gasteiger partial charge is 0.330 e. The predicted molar refractivity (Wildman–Crippen MR) is 58.3 cm³/mol. The van der Waals surface area contributed by atoms with Gasteiger partial charge in [0.2, 0.25) is 0 Å². The molecule has 72 valence electrons. The second-order valence-corrected chi connectivity index (χ2v) is 5.44. The number of hydrogen-bond donors (Lipinski definition) is 1. The highest BCUT2D eigenvalue weighted by Gasteiger charge is 2.30. The Hall–Kier alpha value is -0.340. The molecule has 1 nitrogen and oxygen atoms in total. The summed E-state index contributed by atoms with van der Waals surface area (Å²) in [5.41, 5.74) is 7.24. The molecule has 2 unspecified atom stereocenters. The van der Waals surface area contributed by atoms with Crippen molar-refractivity contribution in [3.8, 4) is 0 Å². The van der Waals surface area contributed by atoms with Gasteiger partial charge in [-0.05, 0) is 49.8 Å². The molecule has 1 aromatic rings. The van der Waals surface area contributed by atoms with E-state index in [1.807, 2.05) is 11.3 Å². The maximum atomic E-state index is 5.64. The third kappa shape index (κ3) is 1.53. The van der Waals surface area contributed by atoms with E-state index in [-0.39, 0.29) is 0 Å². The molecule has 0 radical (unpaired) electrons. The van der Waals surface area contributed by atoms with Crippen LogP contribution in [0.1, 0.15) is 34.6 Å². The number of aryl methyl sites for hydroxylation is 1. The normalized spacial score (nSPS) is 26.4. The van der Waals surface area contributed by atoms with Crippen LogP contribution < -0.4 is 5.73 Å². The molecule has 0 fully saturated rings. The Bertz CT molecular complexity index is 303. The van der Waals surface area contributed by atoms with Crippen molar-refractivity contribution in [1.82, 2.24) is 0 Å². The zero-order valence-corrected chi connectivity index (χ0v) is 9.16. The average molecular weight is 195 g/mol. The number of rotatable bonds is 2. The molecule has 0 amide bonds. The first-order valence-corrected chi connectivity index (χ1v) is 5.83. The van der Waals surface area contributed by atoms with Gasteiger partial charge in [0.25, 0.3) is 0 Å². The molecule has 2 rings (SSSR count). The fourth-order valence-electron chi connectivity index (χ4n) is 2.42. The van der Waals surface area contributed by atoms with E-state index in [1.54, 1.807) is 10.4 Å². The molecule has 13 heavy (non-hydrogen) atoms. The van der Waals surface area contributed by atoms with Crippen LogP contribution in [0.25, 0.3) is 0 Å². The van der Waals surface area contributed by atoms with E-state index in [9.17, 15) is 0 Å². The van der Waals surface area contributed by atoms with Gasteiger partial charge in [-0.25, -0.2) is 0 Å². The van der Waals surface area contributed by atoms with E-state index in [2.05, 4.69) is 19.9 Å². The molecule has 0 saturated heterocycles. The lowest BCUT2D eigenvalue weighted by Crippen LogP contribution is -2.10. The molecule has 1 aliphatic carbocycles. The molecule has 0 aromatic carbocycles. The van der Waals surface area contributed by atoms with Crippen LogP contribution in [0.15, 0.2) is 6.07 Å². The van der Waals surface area contributed by atoms with Gasteiger partial charge in [0.05, 0.1) is 0 Å². The monoisotopic (exact) mass is 195 g/mol. The molecule has 2 heteroatoms. The molecule has 0 spiro atoms. The van der Waals surface area contributed by atoms with E-state index in [1.165, 1.54) is 11.3 Å². The van der Waals surface area contributed by atoms with Gasteiger partial charge in [0, 0.05) is 9.75 Å². The highest BCUT2D eigenvalue weighted by atomic mass is 32.1. The van der Waals surface area contributed by atoms with Crippen molar-refractivity contribution in [2.24, 2.45) is 11.7 Å². The SMILES string of the molecule is Cc1cc2c(s1)CC(C)C2CCN. The molecule has 0 saturated carbocycles. The quantitative estimate of drug-likeness (QED) is 0.771. The Labute approximate surface area is 84.0 Å². The topological polar surface area (TPSA) is 26.0 Å². The molecule has 2 atom stereocenters. The van der Waals surface area contributed by atoms with E-state index in [0.717, 1.165) is 24.8 Å². The molecule has 0 bridgehead atoms. The molecule has 0 aliphatic heterocycles. The smallest absolute Gasteiger partial charge is 0.00858 e. The van der Waals surface area contributed by atoms with Crippen LogP contribution in [-0.2, 0) is 6.42 Å². The molecule has 2 N–H and O–H groups in total. The minimum absolute atomic E-state index is 0.741. The Morgan fingerprint density at radius 1 is 1.62 bits per heavy atom. The van der Waals surface area contributed by atoms with Crippen molar-refractivity contribution in [1.29, 1.82) is 0 Å². The first-order chi connectivity index (χ1) is 6.22. The molecular weight excluding hydrogens is 178 g/mol. The summed E-state index contributed by atoms with van der Waals surface area (Å²) >= 11 is 1.97. The summed E-state index contributed by atoms with van der Waals surface area (Å²) in [6.07, 6.45) is 2.43. The predicted octanol–water partition coefficient (Wildman–Crippen LogP) is 2.68. The molecule has 1 aliphatic rings. The Kier molecular flexibility index (Phi) is 2.43. The summed E-state index contributed by atoms with van der Waals surface area (Å²) in [6, 6.07) is 2.36. The van der Waals surface area contributed by atoms with Gasteiger partial charge in [-0.1, -0.05) is 6.92 Å². The number of thiophene rings is 1. The lowest BCUT2D eigenvalue weighted by Gasteiger charge is -2.14. The van der Waals surface area contributed by atoms with Crippen molar-refractivity contribution in [3.05, 3.63) is 21.4 Å². The lowest BCUT2D eigenvalue weighted by atomic mass is 9.91. The summed E-state index contributed by atoms with van der Waals surface area (Å²) < 4.78 is 0. The summed E-state index contributed by atoms with van der Waals surface area (Å²) in [4.78, 5) is 3.07. The zero-order valence-electron chi connectivity index (χ0n) is 8.34. The second-order valence-electron chi connectivity index (χ2n) is 4.10. The van der Waals surface area contributed by atoms with Gasteiger partial charge >= 0.3 is 0 Å². The maximum absolute atomic E-state index is 5.64. The Balaban J connectivity index is 2.27. The molecule has 1 heterocycles. The second kappa shape index (κ2) is 3.43. The lowest BCUT2D eigenvalue weighted by molar-refractivity contribution is 0.475. The van der Waals surface area contributed by atoms with Crippen molar-refractivity contribution in [2.45, 2.75) is 32.6 Å². The van der Waals surface area contributed by atoms with E-state index in [0.29, 0.717) is 0 Å². The van der Waals surface area contributed by atoms with Crippen LogP contribution >= 0.6 is 11.3 Å². The van der Waals surface area contributed by atoms with Crippen LogP contribution in [0.5, 0.6) is 0 Å². The van der Waals surface area contributed by atoms with Gasteiger partial charge < -0.3 is 5.73 Å². The van der Waals surface area contributed by atoms with Crippen molar-refractivity contribution >= 4 is 11.3 Å². The van der Waals surface area contributed by atoms with Gasteiger partial charge in [0.1, 0.15) is 0 Å². The summed E-state index contributed by atoms with van der Waals surface area (Å²) in [5, 5.41) is 0. The highest BCUT2D eigenvalue weighted by Crippen LogP contribution is 2.43. The van der Waals surface area contributed by atoms with E-state index >= 15 is 0 Å². The van der Waals surface area contributed by atoms with Gasteiger partial charge in [-0.3, -0.25) is 0 Å². The van der Waals surface area contributed by atoms with Crippen LogP contribution in [0.2, 0.25) is 0 Å². The van der Waals surface area contributed by atoms with Gasteiger partial charge in [-0.2, -0.15) is 0 Å². The van der Waals surface area contributed by atoms with Gasteiger partial charge in [0.15, 0.2) is 0 Å². The standard InChI is InChI=1S/C11H17NS/c1-7-5-11-10(6-8(2)13-11)9(7)3-4-12/h6-7,9H,3-5,12H2,1-2H3. The number of nitrogens with two attached hydrogens (primary N) is 1. The first kappa shape index (κ1) is 9.22. The summed E-state index contributed by atoms with van der Waals surface area (Å²) in [5.74, 6) is 1.55. The van der Waals surface area contributed by atoms with Gasteiger partial charge in [-0.15, -0.1) is 11.3 Å². The molecular formula is C11H17NS. The average Bonchev–Trinajstić information content (AvgIpc) is 2.52. The van der Waals surface area contributed by atoms with Crippen LogP contribution in [-0.4, -0.2) is 6.54 Å². The third-order valence-electron chi connectivity index (χ3n) is 3.04. The summed E-state index contributed by atoms with van der Waals surface area (Å²) in [6.45, 7) is 5.37. The number of hydrogen-bond acceptors (Lipinski definition) is 2. The van der Waals surface area contributed by atoms with E-state index in [4.69, 9.17) is 5.73 Å². The van der Waals surface area contributed by atoms with Crippen molar-refractivity contribution < 1.29 is 0 Å².